The molecule has 0 bridgehead atoms. The zero-order valence-corrected chi connectivity index (χ0v) is 13.3. The van der Waals surface area contributed by atoms with E-state index in [4.69, 9.17) is 0 Å². The maximum Gasteiger partial charge on any atom is 0.312 e. The van der Waals surface area contributed by atoms with Gasteiger partial charge in [0.05, 0.1) is 12.1 Å². The van der Waals surface area contributed by atoms with E-state index in [-0.39, 0.29) is 12.0 Å². The molecule has 1 heterocycles. The lowest BCUT2D eigenvalue weighted by Crippen LogP contribution is -2.18. The first kappa shape index (κ1) is 16.5. The van der Waals surface area contributed by atoms with Gasteiger partial charge in [-0.3, -0.25) is 9.59 Å². The summed E-state index contributed by atoms with van der Waals surface area (Å²) in [5.41, 5.74) is 0.723. The second kappa shape index (κ2) is 6.64. The second-order valence-corrected chi connectivity index (χ2v) is 6.70. The van der Waals surface area contributed by atoms with Gasteiger partial charge in [-0.2, -0.15) is 0 Å². The number of aromatic nitrogens is 1. The Hall–Kier alpha value is -2.35. The Bertz CT molecular complexity index is 786. The van der Waals surface area contributed by atoms with Crippen molar-refractivity contribution < 1.29 is 23.5 Å². The molecule has 126 valence electrons. The molecule has 0 aliphatic heterocycles. The van der Waals surface area contributed by atoms with Crippen LogP contribution in [0.15, 0.2) is 18.2 Å². The van der Waals surface area contributed by atoms with E-state index in [2.05, 4.69) is 10.3 Å². The number of benzene rings is 1. The van der Waals surface area contributed by atoms with Crippen molar-refractivity contribution in [2.75, 3.05) is 5.32 Å². The molecule has 1 aromatic carbocycles. The van der Waals surface area contributed by atoms with E-state index in [0.29, 0.717) is 17.2 Å². The highest BCUT2D eigenvalue weighted by atomic mass is 32.1. The number of carbonyl (C=O) groups is 2. The van der Waals surface area contributed by atoms with E-state index in [0.717, 1.165) is 35.9 Å². The van der Waals surface area contributed by atoms with Crippen LogP contribution in [0.1, 0.15) is 34.9 Å². The van der Waals surface area contributed by atoms with E-state index in [1.807, 2.05) is 0 Å². The van der Waals surface area contributed by atoms with Crippen LogP contribution in [0.5, 0.6) is 0 Å². The van der Waals surface area contributed by atoms with Crippen molar-refractivity contribution in [3.05, 3.63) is 46.0 Å². The third-order valence-corrected chi connectivity index (χ3v) is 4.83. The molecule has 3 rings (SSSR count). The van der Waals surface area contributed by atoms with Crippen LogP contribution < -0.4 is 5.32 Å². The van der Waals surface area contributed by atoms with Crippen LogP contribution in [0.4, 0.5) is 13.9 Å². The molecule has 2 N–H and O–H groups in total. The normalized spacial score (nSPS) is 16.5. The van der Waals surface area contributed by atoms with Crippen LogP contribution >= 0.6 is 11.3 Å². The summed E-state index contributed by atoms with van der Waals surface area (Å²) in [5, 5.41) is 12.1. The molecular weight excluding hydrogens is 338 g/mol. The number of anilines is 1. The molecular formula is C16H14F2N2O3S. The van der Waals surface area contributed by atoms with Crippen LogP contribution in [0.3, 0.4) is 0 Å². The number of carbonyl (C=O) groups excluding carboxylic acids is 1. The summed E-state index contributed by atoms with van der Waals surface area (Å²) >= 11 is 1.25. The standard InChI is InChI=1S/C16H14F2N2O3S/c17-9-4-8(5-10(18)7-9)6-13(21)19-16-20-14-11(15(22)23)2-1-3-12(14)24-16/h4-5,7,11H,1-3,6H2,(H,22,23)(H,19,20,21). The number of carboxylic acids is 1. The Labute approximate surface area is 140 Å². The quantitative estimate of drug-likeness (QED) is 0.886. The highest BCUT2D eigenvalue weighted by Gasteiger charge is 2.30. The third kappa shape index (κ3) is 3.59. The van der Waals surface area contributed by atoms with Crippen LogP contribution in [-0.4, -0.2) is 22.0 Å². The largest absolute Gasteiger partial charge is 0.481 e. The van der Waals surface area contributed by atoms with Crippen molar-refractivity contribution in [3.8, 4) is 0 Å². The number of amides is 1. The monoisotopic (exact) mass is 352 g/mol. The predicted octanol–water partition coefficient (Wildman–Crippen LogP) is 3.11. The topological polar surface area (TPSA) is 79.3 Å². The minimum absolute atomic E-state index is 0.193. The van der Waals surface area contributed by atoms with Crippen molar-refractivity contribution in [2.24, 2.45) is 0 Å². The summed E-state index contributed by atoms with van der Waals surface area (Å²) in [5.74, 6) is -3.51. The number of halogens is 2. The molecule has 2 aromatic rings. The molecule has 0 fully saturated rings. The number of rotatable bonds is 4. The molecule has 1 aliphatic rings. The Kier molecular flexibility index (Phi) is 4.57. The lowest BCUT2D eigenvalue weighted by atomic mass is 9.91. The van der Waals surface area contributed by atoms with Crippen molar-refractivity contribution in [3.63, 3.8) is 0 Å². The molecule has 5 nitrogen and oxygen atoms in total. The van der Waals surface area contributed by atoms with E-state index >= 15 is 0 Å². The second-order valence-electron chi connectivity index (χ2n) is 5.61. The van der Waals surface area contributed by atoms with Crippen molar-refractivity contribution in [1.29, 1.82) is 0 Å². The number of aryl methyl sites for hydroxylation is 1. The Balaban J connectivity index is 1.72. The first-order valence-electron chi connectivity index (χ1n) is 7.39. The first-order valence-corrected chi connectivity index (χ1v) is 8.21. The number of hydrogen-bond acceptors (Lipinski definition) is 4. The molecule has 1 atom stereocenters. The number of nitrogens with zero attached hydrogens (tertiary/aromatic N) is 1. The van der Waals surface area contributed by atoms with Crippen molar-refractivity contribution in [2.45, 2.75) is 31.6 Å². The van der Waals surface area contributed by atoms with Gasteiger partial charge in [0, 0.05) is 10.9 Å². The summed E-state index contributed by atoms with van der Waals surface area (Å²) in [6.45, 7) is 0. The Morgan fingerprint density at radius 1 is 1.29 bits per heavy atom. The van der Waals surface area contributed by atoms with Gasteiger partial charge in [-0.25, -0.2) is 13.8 Å². The van der Waals surface area contributed by atoms with E-state index in [9.17, 15) is 23.5 Å². The lowest BCUT2D eigenvalue weighted by Gasteiger charge is -2.16. The summed E-state index contributed by atoms with van der Waals surface area (Å²) in [7, 11) is 0. The number of fused-ring (bicyclic) bond motifs is 1. The number of carboxylic acid groups (broad SMARTS) is 1. The van der Waals surface area contributed by atoms with E-state index < -0.39 is 29.4 Å². The zero-order chi connectivity index (χ0) is 17.3. The van der Waals surface area contributed by atoms with Gasteiger partial charge in [0.2, 0.25) is 5.91 Å². The Morgan fingerprint density at radius 2 is 2.00 bits per heavy atom. The van der Waals surface area contributed by atoms with Gasteiger partial charge >= 0.3 is 5.97 Å². The van der Waals surface area contributed by atoms with E-state index in [1.54, 1.807) is 0 Å². The van der Waals surface area contributed by atoms with Gasteiger partial charge in [0.25, 0.3) is 0 Å². The molecule has 8 heteroatoms. The van der Waals surface area contributed by atoms with Crippen LogP contribution in [0.25, 0.3) is 0 Å². The van der Waals surface area contributed by atoms with Gasteiger partial charge in [-0.1, -0.05) is 0 Å². The molecule has 1 aromatic heterocycles. The average molecular weight is 352 g/mol. The summed E-state index contributed by atoms with van der Waals surface area (Å²) < 4.78 is 26.3. The fourth-order valence-electron chi connectivity index (χ4n) is 2.77. The summed E-state index contributed by atoms with van der Waals surface area (Å²) in [6, 6.07) is 2.92. The van der Waals surface area contributed by atoms with Gasteiger partial charge in [-0.15, -0.1) is 11.3 Å². The van der Waals surface area contributed by atoms with Gasteiger partial charge in [0.1, 0.15) is 17.6 Å². The third-order valence-electron chi connectivity index (χ3n) is 3.79. The molecule has 0 saturated carbocycles. The first-order chi connectivity index (χ1) is 11.4. The van der Waals surface area contributed by atoms with Crippen molar-refractivity contribution in [1.82, 2.24) is 4.98 Å². The smallest absolute Gasteiger partial charge is 0.312 e. The summed E-state index contributed by atoms with van der Waals surface area (Å²) in [4.78, 5) is 28.4. The molecule has 1 aliphatic carbocycles. The maximum absolute atomic E-state index is 13.1. The highest BCUT2D eigenvalue weighted by molar-refractivity contribution is 7.15. The molecule has 1 unspecified atom stereocenters. The van der Waals surface area contributed by atoms with Crippen LogP contribution in [-0.2, 0) is 22.4 Å². The molecule has 24 heavy (non-hydrogen) atoms. The maximum atomic E-state index is 13.1. The van der Waals surface area contributed by atoms with Crippen LogP contribution in [0.2, 0.25) is 0 Å². The van der Waals surface area contributed by atoms with Gasteiger partial charge < -0.3 is 10.4 Å². The number of thiazole rings is 1. The van der Waals surface area contributed by atoms with Crippen LogP contribution in [0, 0.1) is 11.6 Å². The minimum atomic E-state index is -0.922. The summed E-state index contributed by atoms with van der Waals surface area (Å²) in [6.07, 6.45) is 1.84. The SMILES string of the molecule is O=C(Cc1cc(F)cc(F)c1)Nc1nc2c(s1)CCCC2C(=O)O. The predicted molar refractivity (Wildman–Crippen MR) is 84.1 cm³/mol. The number of nitrogens with one attached hydrogen (secondary N) is 1. The van der Waals surface area contributed by atoms with Gasteiger partial charge in [0.15, 0.2) is 5.13 Å². The minimum Gasteiger partial charge on any atom is -0.481 e. The number of hydrogen-bond donors (Lipinski definition) is 2. The average Bonchev–Trinajstić information content (AvgIpc) is 2.87. The lowest BCUT2D eigenvalue weighted by molar-refractivity contribution is -0.139. The number of aliphatic carboxylic acids is 1. The Morgan fingerprint density at radius 3 is 2.67 bits per heavy atom. The van der Waals surface area contributed by atoms with E-state index in [1.165, 1.54) is 11.3 Å². The molecule has 0 saturated heterocycles. The molecule has 1 amide bonds. The van der Waals surface area contributed by atoms with Gasteiger partial charge in [-0.05, 0) is 37.0 Å². The highest BCUT2D eigenvalue weighted by Crippen LogP contribution is 2.36. The van der Waals surface area contributed by atoms with Crippen molar-refractivity contribution >= 4 is 28.3 Å². The fraction of sp³-hybridized carbons (Fsp3) is 0.312. The fourth-order valence-corrected chi connectivity index (χ4v) is 3.86. The molecule has 0 spiro atoms. The zero-order valence-electron chi connectivity index (χ0n) is 12.5. The molecule has 0 radical (unpaired) electrons.